The molecule has 24 heavy (non-hydrogen) atoms. The fourth-order valence-electron chi connectivity index (χ4n) is 3.54. The van der Waals surface area contributed by atoms with Crippen molar-refractivity contribution < 1.29 is 4.79 Å². The first kappa shape index (κ1) is 17.2. The highest BCUT2D eigenvalue weighted by atomic mass is 32.1. The van der Waals surface area contributed by atoms with Gasteiger partial charge in [0.2, 0.25) is 5.91 Å². The number of rotatable bonds is 5. The number of hydrogen-bond donors (Lipinski definition) is 1. The number of hydrogen-bond acceptors (Lipinski definition) is 3. The molecule has 1 N–H and O–H groups in total. The minimum absolute atomic E-state index is 0.0936. The van der Waals surface area contributed by atoms with Crippen LogP contribution in [0.2, 0.25) is 0 Å². The number of anilines is 1. The van der Waals surface area contributed by atoms with Crippen LogP contribution in [-0.2, 0) is 24.1 Å². The van der Waals surface area contributed by atoms with Crippen LogP contribution in [0.25, 0.3) is 0 Å². The Kier molecular flexibility index (Phi) is 5.36. The van der Waals surface area contributed by atoms with Gasteiger partial charge in [0, 0.05) is 23.2 Å². The molecular weight excluding hydrogens is 316 g/mol. The Morgan fingerprint density at radius 3 is 2.62 bits per heavy atom. The number of amides is 1. The van der Waals surface area contributed by atoms with Crippen molar-refractivity contribution in [3.05, 3.63) is 51.2 Å². The SMILES string of the molecule is CCc1cccc(CC)c1NC(=O)CN1CCc2sccc2[C@H]1C. The molecule has 3 nitrogen and oxygen atoms in total. The summed E-state index contributed by atoms with van der Waals surface area (Å²) in [6, 6.07) is 8.82. The van der Waals surface area contributed by atoms with Crippen molar-refractivity contribution in [3.8, 4) is 0 Å². The molecule has 1 aromatic carbocycles. The van der Waals surface area contributed by atoms with E-state index in [1.54, 1.807) is 0 Å². The van der Waals surface area contributed by atoms with Crippen LogP contribution in [0.5, 0.6) is 0 Å². The van der Waals surface area contributed by atoms with Crippen LogP contribution in [0, 0.1) is 0 Å². The largest absolute Gasteiger partial charge is 0.324 e. The maximum atomic E-state index is 12.7. The van der Waals surface area contributed by atoms with Crippen molar-refractivity contribution in [2.45, 2.75) is 46.1 Å². The van der Waals surface area contributed by atoms with Gasteiger partial charge in [0.05, 0.1) is 6.54 Å². The summed E-state index contributed by atoms with van der Waals surface area (Å²) in [6.45, 7) is 7.88. The molecule has 2 aromatic rings. The van der Waals surface area contributed by atoms with Gasteiger partial charge in [-0.3, -0.25) is 9.69 Å². The van der Waals surface area contributed by atoms with E-state index in [1.807, 2.05) is 11.3 Å². The fourth-order valence-corrected chi connectivity index (χ4v) is 4.51. The normalized spacial score (nSPS) is 17.5. The second-order valence-electron chi connectivity index (χ2n) is 6.40. The Bertz CT molecular complexity index is 700. The molecule has 3 rings (SSSR count). The highest BCUT2D eigenvalue weighted by Gasteiger charge is 2.26. The number of nitrogens with zero attached hydrogens (tertiary/aromatic N) is 1. The van der Waals surface area contributed by atoms with Gasteiger partial charge in [0.1, 0.15) is 0 Å². The lowest BCUT2D eigenvalue weighted by Gasteiger charge is -2.33. The number of carbonyl (C=O) groups excluding carboxylic acids is 1. The third kappa shape index (κ3) is 3.40. The molecule has 0 unspecified atom stereocenters. The van der Waals surface area contributed by atoms with Gasteiger partial charge in [-0.2, -0.15) is 0 Å². The van der Waals surface area contributed by atoms with Gasteiger partial charge in [-0.05, 0) is 54.3 Å². The molecule has 0 saturated carbocycles. The van der Waals surface area contributed by atoms with E-state index in [1.165, 1.54) is 21.6 Å². The Morgan fingerprint density at radius 2 is 1.96 bits per heavy atom. The highest BCUT2D eigenvalue weighted by molar-refractivity contribution is 7.10. The quantitative estimate of drug-likeness (QED) is 0.872. The number of para-hydroxylation sites is 1. The second kappa shape index (κ2) is 7.49. The number of thiophene rings is 1. The molecule has 0 fully saturated rings. The molecule has 1 aliphatic rings. The number of carbonyl (C=O) groups is 1. The third-order valence-electron chi connectivity index (χ3n) is 5.01. The summed E-state index contributed by atoms with van der Waals surface area (Å²) in [5.41, 5.74) is 4.85. The summed E-state index contributed by atoms with van der Waals surface area (Å²) in [6.07, 6.45) is 2.92. The molecule has 1 aromatic heterocycles. The van der Waals surface area contributed by atoms with Crippen molar-refractivity contribution in [1.82, 2.24) is 4.90 Å². The number of nitrogens with one attached hydrogen (secondary N) is 1. The van der Waals surface area contributed by atoms with Crippen molar-refractivity contribution in [1.29, 1.82) is 0 Å². The standard InChI is InChI=1S/C20H26N2OS/c1-4-15-7-6-8-16(5-2)20(15)21-19(23)13-22-11-9-18-17(14(22)3)10-12-24-18/h6-8,10,12,14H,4-5,9,11,13H2,1-3H3,(H,21,23)/t14-/m1/s1. The molecule has 0 radical (unpaired) electrons. The first-order chi connectivity index (χ1) is 11.6. The molecule has 0 bridgehead atoms. The molecule has 4 heteroatoms. The summed E-state index contributed by atoms with van der Waals surface area (Å²) in [5, 5.41) is 5.35. The average molecular weight is 343 g/mol. The van der Waals surface area contributed by atoms with E-state index >= 15 is 0 Å². The van der Waals surface area contributed by atoms with Gasteiger partial charge >= 0.3 is 0 Å². The number of benzene rings is 1. The number of aryl methyl sites for hydroxylation is 2. The molecule has 0 saturated heterocycles. The molecule has 0 spiro atoms. The van der Waals surface area contributed by atoms with Gasteiger partial charge < -0.3 is 5.32 Å². The van der Waals surface area contributed by atoms with E-state index in [0.717, 1.165) is 31.5 Å². The smallest absolute Gasteiger partial charge is 0.238 e. The Balaban J connectivity index is 1.71. The molecule has 1 amide bonds. The molecule has 2 heterocycles. The van der Waals surface area contributed by atoms with E-state index in [2.05, 4.69) is 60.6 Å². The van der Waals surface area contributed by atoms with Crippen LogP contribution in [0.4, 0.5) is 5.69 Å². The predicted octanol–water partition coefficient (Wildman–Crippen LogP) is 4.43. The zero-order valence-corrected chi connectivity index (χ0v) is 15.6. The van der Waals surface area contributed by atoms with Crippen molar-refractivity contribution in [2.75, 3.05) is 18.4 Å². The summed E-state index contributed by atoms with van der Waals surface area (Å²) >= 11 is 1.84. The fraction of sp³-hybridized carbons (Fsp3) is 0.450. The molecule has 128 valence electrons. The van der Waals surface area contributed by atoms with Crippen molar-refractivity contribution >= 4 is 22.9 Å². The zero-order valence-electron chi connectivity index (χ0n) is 14.8. The maximum Gasteiger partial charge on any atom is 0.238 e. The lowest BCUT2D eigenvalue weighted by Crippen LogP contribution is -2.39. The first-order valence-electron chi connectivity index (χ1n) is 8.85. The summed E-state index contributed by atoms with van der Waals surface area (Å²) in [7, 11) is 0. The lowest BCUT2D eigenvalue weighted by molar-refractivity contribution is -0.117. The molecule has 0 aliphatic carbocycles. The summed E-state index contributed by atoms with van der Waals surface area (Å²) in [4.78, 5) is 16.4. The van der Waals surface area contributed by atoms with Crippen LogP contribution in [0.15, 0.2) is 29.6 Å². The van der Waals surface area contributed by atoms with Gasteiger partial charge in [-0.15, -0.1) is 11.3 Å². The Hall–Kier alpha value is -1.65. The van der Waals surface area contributed by atoms with Gasteiger partial charge in [0.25, 0.3) is 0 Å². The van der Waals surface area contributed by atoms with E-state index in [9.17, 15) is 4.79 Å². The first-order valence-corrected chi connectivity index (χ1v) is 9.72. The average Bonchev–Trinajstić information content (AvgIpc) is 3.07. The van der Waals surface area contributed by atoms with Crippen LogP contribution >= 0.6 is 11.3 Å². The minimum Gasteiger partial charge on any atom is -0.324 e. The monoisotopic (exact) mass is 342 g/mol. The minimum atomic E-state index is 0.0936. The van der Waals surface area contributed by atoms with E-state index < -0.39 is 0 Å². The van der Waals surface area contributed by atoms with E-state index in [-0.39, 0.29) is 5.91 Å². The Morgan fingerprint density at radius 1 is 1.25 bits per heavy atom. The topological polar surface area (TPSA) is 32.3 Å². The second-order valence-corrected chi connectivity index (χ2v) is 7.40. The highest BCUT2D eigenvalue weighted by Crippen LogP contribution is 2.32. The van der Waals surface area contributed by atoms with Gasteiger partial charge in [-0.1, -0.05) is 32.0 Å². The molecule has 1 atom stereocenters. The zero-order chi connectivity index (χ0) is 17.1. The van der Waals surface area contributed by atoms with Crippen LogP contribution in [-0.4, -0.2) is 23.9 Å². The lowest BCUT2D eigenvalue weighted by atomic mass is 10.0. The molecule has 1 aliphatic heterocycles. The predicted molar refractivity (Wildman–Crippen MR) is 102 cm³/mol. The van der Waals surface area contributed by atoms with Crippen LogP contribution in [0.3, 0.4) is 0 Å². The van der Waals surface area contributed by atoms with Crippen molar-refractivity contribution in [3.63, 3.8) is 0 Å². The number of fused-ring (bicyclic) bond motifs is 1. The van der Waals surface area contributed by atoms with Gasteiger partial charge in [-0.25, -0.2) is 0 Å². The third-order valence-corrected chi connectivity index (χ3v) is 6.01. The Labute approximate surface area is 148 Å². The summed E-state index contributed by atoms with van der Waals surface area (Å²) in [5.74, 6) is 0.0936. The van der Waals surface area contributed by atoms with E-state index in [4.69, 9.17) is 0 Å². The van der Waals surface area contributed by atoms with Crippen LogP contribution in [0.1, 0.15) is 48.4 Å². The van der Waals surface area contributed by atoms with Gasteiger partial charge in [0.15, 0.2) is 0 Å². The van der Waals surface area contributed by atoms with Crippen molar-refractivity contribution in [2.24, 2.45) is 0 Å². The van der Waals surface area contributed by atoms with E-state index in [0.29, 0.717) is 12.6 Å². The molecular formula is C20H26N2OS. The maximum absolute atomic E-state index is 12.7. The van der Waals surface area contributed by atoms with Crippen LogP contribution < -0.4 is 5.32 Å². The summed E-state index contributed by atoms with van der Waals surface area (Å²) < 4.78 is 0.